The molecule has 1 N–H and O–H groups in total. The van der Waals surface area contributed by atoms with Crippen molar-refractivity contribution in [3.05, 3.63) is 51.7 Å². The smallest absolute Gasteiger partial charge is 0.345 e. The Kier molecular flexibility index (Phi) is 7.22. The maximum Gasteiger partial charge on any atom is 0.345 e. The molecule has 7 nitrogen and oxygen atoms in total. The van der Waals surface area contributed by atoms with Gasteiger partial charge in [-0.25, -0.2) is 9.48 Å². The fourth-order valence-electron chi connectivity index (χ4n) is 4.71. The van der Waals surface area contributed by atoms with Crippen molar-refractivity contribution in [3.8, 4) is 0 Å². The summed E-state index contributed by atoms with van der Waals surface area (Å²) in [6, 6.07) is 8.10. The summed E-state index contributed by atoms with van der Waals surface area (Å²) in [5.41, 5.74) is 1.94. The summed E-state index contributed by atoms with van der Waals surface area (Å²) in [5, 5.41) is 7.65. The first-order chi connectivity index (χ1) is 15.1. The maximum absolute atomic E-state index is 12.8. The van der Waals surface area contributed by atoms with Gasteiger partial charge in [0.05, 0.1) is 0 Å². The molecule has 2 aromatic rings. The number of fused-ring (bicyclic) bond motifs is 1. The molecular formula is C24H35N5O2. The predicted molar refractivity (Wildman–Crippen MR) is 121 cm³/mol. The second-order valence-corrected chi connectivity index (χ2v) is 8.96. The number of rotatable bonds is 6. The van der Waals surface area contributed by atoms with Gasteiger partial charge in [0.15, 0.2) is 0 Å². The van der Waals surface area contributed by atoms with Gasteiger partial charge in [0.1, 0.15) is 5.82 Å². The summed E-state index contributed by atoms with van der Waals surface area (Å²) < 4.78 is 3.35. The van der Waals surface area contributed by atoms with Gasteiger partial charge in [-0.3, -0.25) is 14.3 Å². The third-order valence-corrected chi connectivity index (χ3v) is 6.51. The van der Waals surface area contributed by atoms with Crippen LogP contribution >= 0.6 is 0 Å². The number of likely N-dealkylation sites (tertiary alicyclic amines) is 1. The third kappa shape index (κ3) is 5.45. The van der Waals surface area contributed by atoms with Gasteiger partial charge in [-0.1, -0.05) is 31.9 Å². The molecule has 0 radical (unpaired) electrons. The summed E-state index contributed by atoms with van der Waals surface area (Å²) in [4.78, 5) is 27.8. The Hall–Kier alpha value is -2.41. The van der Waals surface area contributed by atoms with E-state index in [1.807, 2.05) is 19.1 Å². The topological polar surface area (TPSA) is 72.2 Å². The molecule has 0 aliphatic carbocycles. The molecule has 4 rings (SSSR count). The van der Waals surface area contributed by atoms with Crippen LogP contribution in [0.1, 0.15) is 73.6 Å². The standard InChI is InChI=1S/C24H35N5O2/c1-2-14-29-24(31)28-17-13-21(11-12-22(28)26-29)25-23(30)20-9-7-19(8-10-20)18-27-15-5-3-4-6-16-27/h7-10,21H,2-6,11-18H2,1H3,(H,25,30). The quantitative estimate of drug-likeness (QED) is 0.772. The van der Waals surface area contributed by atoms with E-state index in [4.69, 9.17) is 0 Å². The van der Waals surface area contributed by atoms with Crippen LogP contribution in [0.2, 0.25) is 0 Å². The molecule has 0 bridgehead atoms. The number of benzene rings is 1. The lowest BCUT2D eigenvalue weighted by atomic mass is 10.1. The van der Waals surface area contributed by atoms with Gasteiger partial charge in [0.2, 0.25) is 0 Å². The lowest BCUT2D eigenvalue weighted by Crippen LogP contribution is -2.35. The van der Waals surface area contributed by atoms with E-state index in [-0.39, 0.29) is 17.6 Å². The highest BCUT2D eigenvalue weighted by Gasteiger charge is 2.22. The average molecular weight is 426 g/mol. The fraction of sp³-hybridized carbons (Fsp3) is 0.625. The van der Waals surface area contributed by atoms with Gasteiger partial charge in [0, 0.05) is 37.7 Å². The van der Waals surface area contributed by atoms with Gasteiger partial charge in [-0.15, -0.1) is 0 Å². The van der Waals surface area contributed by atoms with Crippen LogP contribution in [-0.2, 0) is 26.1 Å². The minimum Gasteiger partial charge on any atom is -0.349 e. The molecule has 1 fully saturated rings. The Morgan fingerprint density at radius 1 is 1.06 bits per heavy atom. The summed E-state index contributed by atoms with van der Waals surface area (Å²) in [7, 11) is 0. The zero-order valence-corrected chi connectivity index (χ0v) is 18.7. The predicted octanol–water partition coefficient (Wildman–Crippen LogP) is 2.97. The molecule has 0 saturated carbocycles. The van der Waals surface area contributed by atoms with Crippen molar-refractivity contribution < 1.29 is 4.79 Å². The third-order valence-electron chi connectivity index (χ3n) is 6.51. The zero-order chi connectivity index (χ0) is 21.6. The lowest BCUT2D eigenvalue weighted by molar-refractivity contribution is 0.0933. The largest absolute Gasteiger partial charge is 0.349 e. The van der Waals surface area contributed by atoms with Gasteiger partial charge in [-0.2, -0.15) is 5.10 Å². The van der Waals surface area contributed by atoms with E-state index in [1.54, 1.807) is 9.25 Å². The van der Waals surface area contributed by atoms with Crippen molar-refractivity contribution in [3.63, 3.8) is 0 Å². The number of carbonyl (C=O) groups excluding carboxylic acids is 1. The Bertz CT molecular complexity index is 922. The van der Waals surface area contributed by atoms with Crippen molar-refractivity contribution in [2.75, 3.05) is 13.1 Å². The van der Waals surface area contributed by atoms with Gasteiger partial charge >= 0.3 is 5.69 Å². The van der Waals surface area contributed by atoms with Gasteiger partial charge in [0.25, 0.3) is 5.91 Å². The van der Waals surface area contributed by atoms with E-state index in [0.717, 1.165) is 31.6 Å². The number of carbonyl (C=O) groups is 1. The van der Waals surface area contributed by atoms with E-state index < -0.39 is 0 Å². The first kappa shape index (κ1) is 21.8. The van der Waals surface area contributed by atoms with Crippen LogP contribution in [0.25, 0.3) is 0 Å². The molecule has 1 atom stereocenters. The van der Waals surface area contributed by atoms with Crippen LogP contribution in [0.4, 0.5) is 0 Å². The van der Waals surface area contributed by atoms with Crippen molar-refractivity contribution in [1.82, 2.24) is 24.6 Å². The van der Waals surface area contributed by atoms with E-state index in [2.05, 4.69) is 27.4 Å². The maximum atomic E-state index is 12.8. The second-order valence-electron chi connectivity index (χ2n) is 8.96. The van der Waals surface area contributed by atoms with Crippen molar-refractivity contribution in [2.24, 2.45) is 0 Å². The van der Waals surface area contributed by atoms with Crippen molar-refractivity contribution in [1.29, 1.82) is 0 Å². The summed E-state index contributed by atoms with van der Waals surface area (Å²) in [5.74, 6) is 0.808. The molecule has 1 aromatic heterocycles. The Morgan fingerprint density at radius 2 is 1.81 bits per heavy atom. The fourth-order valence-corrected chi connectivity index (χ4v) is 4.71. The van der Waals surface area contributed by atoms with E-state index in [0.29, 0.717) is 25.1 Å². The Labute approximate surface area is 184 Å². The molecule has 1 aromatic carbocycles. The zero-order valence-electron chi connectivity index (χ0n) is 18.7. The number of nitrogens with one attached hydrogen (secondary N) is 1. The Balaban J connectivity index is 1.31. The van der Waals surface area contributed by atoms with Gasteiger partial charge in [-0.05, 0) is 62.9 Å². The van der Waals surface area contributed by atoms with E-state index in [1.165, 1.54) is 44.3 Å². The number of aromatic nitrogens is 3. The summed E-state index contributed by atoms with van der Waals surface area (Å²) >= 11 is 0. The van der Waals surface area contributed by atoms with Crippen LogP contribution in [0, 0.1) is 0 Å². The van der Waals surface area contributed by atoms with Crippen LogP contribution in [-0.4, -0.2) is 44.3 Å². The summed E-state index contributed by atoms with van der Waals surface area (Å²) in [6.45, 7) is 6.62. The highest BCUT2D eigenvalue weighted by Crippen LogP contribution is 2.15. The lowest BCUT2D eigenvalue weighted by Gasteiger charge is -2.20. The molecule has 2 aliphatic rings. The van der Waals surface area contributed by atoms with Crippen molar-refractivity contribution >= 4 is 5.91 Å². The number of amides is 1. The minimum absolute atomic E-state index is 0.0242. The van der Waals surface area contributed by atoms with Crippen LogP contribution in [0.15, 0.2) is 29.1 Å². The normalized spacial score (nSPS) is 20.0. The second kappa shape index (κ2) is 10.3. The van der Waals surface area contributed by atoms with Crippen LogP contribution in [0.3, 0.4) is 0 Å². The Morgan fingerprint density at radius 3 is 2.52 bits per heavy atom. The molecule has 0 spiro atoms. The first-order valence-corrected chi connectivity index (χ1v) is 11.9. The number of hydrogen-bond donors (Lipinski definition) is 1. The average Bonchev–Trinajstić information content (AvgIpc) is 2.98. The monoisotopic (exact) mass is 425 g/mol. The molecule has 7 heteroatoms. The number of aryl methyl sites for hydroxylation is 2. The highest BCUT2D eigenvalue weighted by molar-refractivity contribution is 5.94. The molecule has 31 heavy (non-hydrogen) atoms. The van der Waals surface area contributed by atoms with Crippen molar-refractivity contribution in [2.45, 2.75) is 84.0 Å². The first-order valence-electron chi connectivity index (χ1n) is 11.9. The number of nitrogens with zero attached hydrogens (tertiary/aromatic N) is 4. The SMILES string of the molecule is CCCn1nc2n(c1=O)CCC(NC(=O)c1ccc(CN3CCCCCC3)cc1)CC2. The molecule has 1 amide bonds. The van der Waals surface area contributed by atoms with E-state index in [9.17, 15) is 9.59 Å². The molecule has 3 heterocycles. The molecule has 1 saturated heterocycles. The molecular weight excluding hydrogens is 390 g/mol. The molecule has 1 unspecified atom stereocenters. The number of hydrogen-bond acceptors (Lipinski definition) is 4. The molecule has 168 valence electrons. The highest BCUT2D eigenvalue weighted by atomic mass is 16.2. The molecule has 2 aliphatic heterocycles. The van der Waals surface area contributed by atoms with E-state index >= 15 is 0 Å². The van der Waals surface area contributed by atoms with Gasteiger partial charge < -0.3 is 5.32 Å². The van der Waals surface area contributed by atoms with Crippen LogP contribution < -0.4 is 11.0 Å². The minimum atomic E-state index is -0.0331. The summed E-state index contributed by atoms with van der Waals surface area (Å²) in [6.07, 6.45) is 8.42. The van der Waals surface area contributed by atoms with Crippen LogP contribution in [0.5, 0.6) is 0 Å².